The van der Waals surface area contributed by atoms with E-state index in [0.29, 0.717) is 6.54 Å². The summed E-state index contributed by atoms with van der Waals surface area (Å²) in [6, 6.07) is 4.38. The minimum atomic E-state index is 0.290. The lowest BCUT2D eigenvalue weighted by Gasteiger charge is -2.18. The molecule has 2 heteroatoms. The van der Waals surface area contributed by atoms with Gasteiger partial charge in [-0.25, -0.2) is 0 Å². The van der Waals surface area contributed by atoms with Crippen LogP contribution >= 0.6 is 0 Å². The molecule has 0 bridgehead atoms. The second kappa shape index (κ2) is 6.65. The number of hydrogen-bond acceptors (Lipinski definition) is 2. The van der Waals surface area contributed by atoms with Crippen LogP contribution in [0.1, 0.15) is 43.4 Å². The quantitative estimate of drug-likeness (QED) is 0.820. The van der Waals surface area contributed by atoms with Crippen molar-refractivity contribution in [3.63, 3.8) is 0 Å². The molecule has 1 aromatic carbocycles. The molecule has 0 heterocycles. The van der Waals surface area contributed by atoms with E-state index in [1.165, 1.54) is 16.7 Å². The maximum Gasteiger partial charge on any atom is 0.125 e. The number of aryl methyl sites for hydroxylation is 2. The molecule has 96 valence electrons. The van der Waals surface area contributed by atoms with E-state index in [2.05, 4.69) is 39.8 Å². The molecule has 2 N–H and O–H groups in total. The third-order valence-electron chi connectivity index (χ3n) is 2.97. The van der Waals surface area contributed by atoms with Gasteiger partial charge in [0, 0.05) is 0 Å². The molecule has 0 aliphatic heterocycles. The number of rotatable bonds is 6. The molecule has 1 atom stereocenters. The molecule has 0 aromatic heterocycles. The number of nitrogens with two attached hydrogens (primary N) is 1. The van der Waals surface area contributed by atoms with Crippen molar-refractivity contribution in [2.75, 3.05) is 6.54 Å². The van der Waals surface area contributed by atoms with Crippen LogP contribution in [0.5, 0.6) is 5.75 Å². The maximum absolute atomic E-state index is 6.02. The molecule has 0 radical (unpaired) electrons. The summed E-state index contributed by atoms with van der Waals surface area (Å²) in [5, 5.41) is 0. The SMILES string of the molecule is CCCC(C)Oc1c(C)cc(CCN)cc1C. The molecule has 0 saturated heterocycles. The summed E-state index contributed by atoms with van der Waals surface area (Å²) in [5.41, 5.74) is 9.33. The Morgan fingerprint density at radius 2 is 1.82 bits per heavy atom. The number of hydrogen-bond donors (Lipinski definition) is 1. The summed E-state index contributed by atoms with van der Waals surface area (Å²) in [4.78, 5) is 0. The minimum absolute atomic E-state index is 0.290. The van der Waals surface area contributed by atoms with E-state index in [1.807, 2.05) is 0 Å². The highest BCUT2D eigenvalue weighted by Gasteiger charge is 2.09. The third kappa shape index (κ3) is 4.04. The Balaban J connectivity index is 2.85. The summed E-state index contributed by atoms with van der Waals surface area (Å²) in [5.74, 6) is 1.05. The Morgan fingerprint density at radius 3 is 2.29 bits per heavy atom. The van der Waals surface area contributed by atoms with Crippen molar-refractivity contribution in [1.82, 2.24) is 0 Å². The lowest BCUT2D eigenvalue weighted by Crippen LogP contribution is -2.13. The molecule has 1 aromatic rings. The smallest absolute Gasteiger partial charge is 0.125 e. The molecule has 0 saturated carbocycles. The van der Waals surface area contributed by atoms with Gasteiger partial charge in [-0.1, -0.05) is 25.5 Å². The van der Waals surface area contributed by atoms with Crippen molar-refractivity contribution in [1.29, 1.82) is 0 Å². The van der Waals surface area contributed by atoms with Crippen LogP contribution in [0.15, 0.2) is 12.1 Å². The van der Waals surface area contributed by atoms with E-state index in [1.54, 1.807) is 0 Å². The predicted molar refractivity (Wildman–Crippen MR) is 73.7 cm³/mol. The summed E-state index contributed by atoms with van der Waals surface area (Å²) >= 11 is 0. The van der Waals surface area contributed by atoms with Crippen LogP contribution in [0.4, 0.5) is 0 Å². The summed E-state index contributed by atoms with van der Waals surface area (Å²) in [6.45, 7) is 9.24. The van der Waals surface area contributed by atoms with Crippen LogP contribution in [-0.4, -0.2) is 12.6 Å². The molecule has 1 rings (SSSR count). The van der Waals surface area contributed by atoms with Crippen LogP contribution in [0.2, 0.25) is 0 Å². The second-order valence-electron chi connectivity index (χ2n) is 4.81. The highest BCUT2D eigenvalue weighted by molar-refractivity contribution is 5.43. The maximum atomic E-state index is 6.02. The first-order chi connectivity index (χ1) is 8.08. The predicted octanol–water partition coefficient (Wildman–Crippen LogP) is 3.37. The van der Waals surface area contributed by atoms with Gasteiger partial charge in [0.2, 0.25) is 0 Å². The molecule has 2 nitrogen and oxygen atoms in total. The van der Waals surface area contributed by atoms with Crippen LogP contribution in [0, 0.1) is 13.8 Å². The molecule has 0 spiro atoms. The van der Waals surface area contributed by atoms with Gasteiger partial charge in [-0.2, -0.15) is 0 Å². The first kappa shape index (κ1) is 14.0. The number of benzene rings is 1. The third-order valence-corrected chi connectivity index (χ3v) is 2.97. The van der Waals surface area contributed by atoms with E-state index < -0.39 is 0 Å². The topological polar surface area (TPSA) is 35.2 Å². The zero-order chi connectivity index (χ0) is 12.8. The molecule has 1 unspecified atom stereocenters. The largest absolute Gasteiger partial charge is 0.490 e. The van der Waals surface area contributed by atoms with Crippen LogP contribution in [-0.2, 0) is 6.42 Å². The fraction of sp³-hybridized carbons (Fsp3) is 0.600. The van der Waals surface area contributed by atoms with Gasteiger partial charge in [-0.3, -0.25) is 0 Å². The van der Waals surface area contributed by atoms with Crippen molar-refractivity contribution in [3.05, 3.63) is 28.8 Å². The molecular formula is C15H25NO. The lowest BCUT2D eigenvalue weighted by atomic mass is 10.0. The van der Waals surface area contributed by atoms with Gasteiger partial charge in [0.05, 0.1) is 6.10 Å². The van der Waals surface area contributed by atoms with Crippen LogP contribution in [0.25, 0.3) is 0 Å². The normalized spacial score (nSPS) is 12.5. The molecule has 0 aliphatic carbocycles. The average Bonchev–Trinajstić information content (AvgIpc) is 2.24. The summed E-state index contributed by atoms with van der Waals surface area (Å²) < 4.78 is 6.02. The van der Waals surface area contributed by atoms with Gasteiger partial charge in [0.25, 0.3) is 0 Å². The molecule has 17 heavy (non-hydrogen) atoms. The fourth-order valence-corrected chi connectivity index (χ4v) is 2.20. The van der Waals surface area contributed by atoms with Gasteiger partial charge < -0.3 is 10.5 Å². The van der Waals surface area contributed by atoms with Gasteiger partial charge in [-0.05, 0) is 56.8 Å². The van der Waals surface area contributed by atoms with Gasteiger partial charge in [0.1, 0.15) is 5.75 Å². The standard InChI is InChI=1S/C15H25NO/c1-5-6-13(4)17-15-11(2)9-14(7-8-16)10-12(15)3/h9-10,13H,5-8,16H2,1-4H3. The first-order valence-electron chi connectivity index (χ1n) is 6.55. The zero-order valence-corrected chi connectivity index (χ0v) is 11.5. The van der Waals surface area contributed by atoms with E-state index >= 15 is 0 Å². The Labute approximate surface area is 105 Å². The Bertz CT molecular complexity index is 337. The Morgan fingerprint density at radius 1 is 1.24 bits per heavy atom. The molecule has 0 amide bonds. The van der Waals surface area contributed by atoms with E-state index in [9.17, 15) is 0 Å². The van der Waals surface area contributed by atoms with E-state index in [4.69, 9.17) is 10.5 Å². The highest BCUT2D eigenvalue weighted by Crippen LogP contribution is 2.26. The van der Waals surface area contributed by atoms with Crippen molar-refractivity contribution < 1.29 is 4.74 Å². The Hall–Kier alpha value is -1.02. The van der Waals surface area contributed by atoms with Gasteiger partial charge in [0.15, 0.2) is 0 Å². The van der Waals surface area contributed by atoms with Gasteiger partial charge in [-0.15, -0.1) is 0 Å². The second-order valence-corrected chi connectivity index (χ2v) is 4.81. The average molecular weight is 235 g/mol. The van der Waals surface area contributed by atoms with Gasteiger partial charge >= 0.3 is 0 Å². The van der Waals surface area contributed by atoms with Crippen LogP contribution in [0.3, 0.4) is 0 Å². The number of ether oxygens (including phenoxy) is 1. The van der Waals surface area contributed by atoms with E-state index in [-0.39, 0.29) is 6.10 Å². The molecule has 0 fully saturated rings. The molecule has 0 aliphatic rings. The van der Waals surface area contributed by atoms with Crippen molar-refractivity contribution >= 4 is 0 Å². The van der Waals surface area contributed by atoms with Crippen molar-refractivity contribution in [2.45, 2.75) is 53.1 Å². The van der Waals surface area contributed by atoms with Crippen LogP contribution < -0.4 is 10.5 Å². The monoisotopic (exact) mass is 235 g/mol. The fourth-order valence-electron chi connectivity index (χ4n) is 2.20. The highest BCUT2D eigenvalue weighted by atomic mass is 16.5. The minimum Gasteiger partial charge on any atom is -0.490 e. The van der Waals surface area contributed by atoms with Crippen molar-refractivity contribution in [2.24, 2.45) is 5.73 Å². The van der Waals surface area contributed by atoms with E-state index in [0.717, 1.165) is 25.0 Å². The van der Waals surface area contributed by atoms with Crippen molar-refractivity contribution in [3.8, 4) is 5.75 Å². The Kier molecular flexibility index (Phi) is 5.49. The zero-order valence-electron chi connectivity index (χ0n) is 11.5. The lowest BCUT2D eigenvalue weighted by molar-refractivity contribution is 0.207. The molecular weight excluding hydrogens is 210 g/mol. The summed E-state index contributed by atoms with van der Waals surface area (Å²) in [6.07, 6.45) is 3.48. The first-order valence-corrected chi connectivity index (χ1v) is 6.55. The summed E-state index contributed by atoms with van der Waals surface area (Å²) in [7, 11) is 0.